The third-order valence-electron chi connectivity index (χ3n) is 4.52. The summed E-state index contributed by atoms with van der Waals surface area (Å²) < 4.78 is 7.04. The van der Waals surface area contributed by atoms with Gasteiger partial charge >= 0.3 is 0 Å². The van der Waals surface area contributed by atoms with E-state index in [9.17, 15) is 10.1 Å². The Morgan fingerprint density at radius 1 is 1.24 bits per heavy atom. The zero-order chi connectivity index (χ0) is 20.8. The van der Waals surface area contributed by atoms with Gasteiger partial charge in [-0.2, -0.15) is 10.5 Å². The fourth-order valence-electron chi connectivity index (χ4n) is 3.00. The van der Waals surface area contributed by atoms with Crippen LogP contribution in [0.25, 0.3) is 16.6 Å². The van der Waals surface area contributed by atoms with Crippen LogP contribution in [0.3, 0.4) is 0 Å². The van der Waals surface area contributed by atoms with Gasteiger partial charge in [0, 0.05) is 12.2 Å². The van der Waals surface area contributed by atoms with Crippen LogP contribution in [0.4, 0.5) is 0 Å². The quantitative estimate of drug-likeness (QED) is 0.432. The van der Waals surface area contributed by atoms with Crippen LogP contribution in [0, 0.1) is 35.5 Å². The monoisotopic (exact) mass is 404 g/mol. The molecule has 0 amide bonds. The van der Waals surface area contributed by atoms with Gasteiger partial charge in [-0.05, 0) is 43.2 Å². The summed E-state index contributed by atoms with van der Waals surface area (Å²) in [5.41, 5.74) is 2.02. The van der Waals surface area contributed by atoms with Gasteiger partial charge in [0.25, 0.3) is 5.56 Å². The average molecular weight is 404 g/mol. The Morgan fingerprint density at radius 3 is 2.76 bits per heavy atom. The molecular formula is C22H20N4O2S. The number of aryl methyl sites for hydroxylation is 1. The van der Waals surface area contributed by atoms with Gasteiger partial charge in [0.05, 0.1) is 41.8 Å². The molecule has 0 spiro atoms. The van der Waals surface area contributed by atoms with Gasteiger partial charge in [0.2, 0.25) is 0 Å². The Kier molecular flexibility index (Phi) is 6.54. The molecule has 29 heavy (non-hydrogen) atoms. The maximum absolute atomic E-state index is 13.4. The first-order valence-electron chi connectivity index (χ1n) is 9.15. The largest absolute Gasteiger partial charge is 0.495 e. The van der Waals surface area contributed by atoms with Crippen LogP contribution in [0.15, 0.2) is 52.4 Å². The van der Waals surface area contributed by atoms with E-state index >= 15 is 0 Å². The first kappa shape index (κ1) is 20.4. The molecule has 2 aromatic carbocycles. The van der Waals surface area contributed by atoms with Crippen LogP contribution in [0.5, 0.6) is 5.75 Å². The van der Waals surface area contributed by atoms with E-state index in [4.69, 9.17) is 15.0 Å². The van der Waals surface area contributed by atoms with E-state index in [1.54, 1.807) is 23.8 Å². The van der Waals surface area contributed by atoms with Crippen molar-refractivity contribution in [1.29, 1.82) is 10.5 Å². The van der Waals surface area contributed by atoms with Crippen molar-refractivity contribution in [3.8, 4) is 23.6 Å². The number of aromatic nitrogens is 2. The predicted octanol–water partition coefficient (Wildman–Crippen LogP) is 4.24. The van der Waals surface area contributed by atoms with E-state index in [0.29, 0.717) is 46.1 Å². The molecule has 3 rings (SSSR count). The normalized spacial score (nSPS) is 11.6. The van der Waals surface area contributed by atoms with E-state index in [1.165, 1.54) is 11.8 Å². The predicted molar refractivity (Wildman–Crippen MR) is 113 cm³/mol. The third-order valence-corrected chi connectivity index (χ3v) is 5.62. The zero-order valence-electron chi connectivity index (χ0n) is 16.3. The second-order valence-corrected chi connectivity index (χ2v) is 7.55. The number of hydrogen-bond acceptors (Lipinski definition) is 6. The zero-order valence-corrected chi connectivity index (χ0v) is 17.1. The van der Waals surface area contributed by atoms with Crippen LogP contribution in [-0.2, 0) is 0 Å². The molecule has 0 unspecified atom stereocenters. The fourth-order valence-corrected chi connectivity index (χ4v) is 4.06. The number of thioether (sulfide) groups is 1. The number of rotatable bonds is 7. The number of fused-ring (bicyclic) bond motifs is 1. The fraction of sp³-hybridized carbons (Fsp3) is 0.273. The minimum Gasteiger partial charge on any atom is -0.495 e. The summed E-state index contributed by atoms with van der Waals surface area (Å²) in [6.07, 6.45) is 0.814. The second kappa shape index (κ2) is 9.27. The summed E-state index contributed by atoms with van der Waals surface area (Å²) >= 11 is 1.34. The van der Waals surface area contributed by atoms with Gasteiger partial charge in [0.1, 0.15) is 5.75 Å². The van der Waals surface area contributed by atoms with Crippen molar-refractivity contribution >= 4 is 22.7 Å². The number of nitrogens with zero attached hydrogens (tertiary/aromatic N) is 4. The standard InChI is InChI=1S/C22H20N4O2S/c1-15-9-10-20(28-2)19(12-15)26-21(27)17-7-3-4-8-18(17)25-22(26)29-14-16(13-24)6-5-11-23/h3-4,7-10,12,16H,5-6,14H2,1-2H3/t16-/m1/s1. The Hall–Kier alpha value is -3.29. The van der Waals surface area contributed by atoms with E-state index < -0.39 is 0 Å². The van der Waals surface area contributed by atoms with Crippen LogP contribution in [-0.4, -0.2) is 22.4 Å². The molecule has 0 N–H and O–H groups in total. The van der Waals surface area contributed by atoms with Crippen LogP contribution in [0.2, 0.25) is 0 Å². The first-order valence-corrected chi connectivity index (χ1v) is 10.1. The van der Waals surface area contributed by atoms with Gasteiger partial charge in [-0.3, -0.25) is 9.36 Å². The molecule has 7 heteroatoms. The Balaban J connectivity index is 2.15. The topological polar surface area (TPSA) is 91.7 Å². The van der Waals surface area contributed by atoms with Crippen LogP contribution >= 0.6 is 11.8 Å². The molecule has 146 valence electrons. The number of benzene rings is 2. The summed E-state index contributed by atoms with van der Waals surface area (Å²) in [5, 5.41) is 19.2. The molecule has 1 heterocycles. The highest BCUT2D eigenvalue weighted by atomic mass is 32.2. The molecule has 0 bridgehead atoms. The summed E-state index contributed by atoms with van der Waals surface area (Å²) in [6, 6.07) is 17.1. The van der Waals surface area contributed by atoms with Gasteiger partial charge in [-0.25, -0.2) is 4.98 Å². The summed E-state index contributed by atoms with van der Waals surface area (Å²) in [6.45, 7) is 1.95. The van der Waals surface area contributed by atoms with Crippen molar-refractivity contribution in [1.82, 2.24) is 9.55 Å². The lowest BCUT2D eigenvalue weighted by molar-refractivity contribution is 0.411. The minimum atomic E-state index is -0.295. The molecule has 0 saturated heterocycles. The maximum Gasteiger partial charge on any atom is 0.266 e. The highest BCUT2D eigenvalue weighted by molar-refractivity contribution is 7.99. The molecule has 1 aromatic heterocycles. The summed E-state index contributed by atoms with van der Waals surface area (Å²) in [7, 11) is 1.56. The molecule has 0 aliphatic rings. The van der Waals surface area contributed by atoms with Crippen molar-refractivity contribution in [3.05, 3.63) is 58.4 Å². The molecule has 3 aromatic rings. The van der Waals surface area contributed by atoms with Crippen molar-refractivity contribution in [2.24, 2.45) is 5.92 Å². The number of hydrogen-bond donors (Lipinski definition) is 0. The Bertz CT molecular complexity index is 1170. The lowest BCUT2D eigenvalue weighted by atomic mass is 10.1. The van der Waals surface area contributed by atoms with Crippen molar-refractivity contribution in [2.45, 2.75) is 24.9 Å². The molecular weight excluding hydrogens is 384 g/mol. The Labute approximate surface area is 173 Å². The van der Waals surface area contributed by atoms with Crippen molar-refractivity contribution in [3.63, 3.8) is 0 Å². The van der Waals surface area contributed by atoms with E-state index in [2.05, 4.69) is 12.1 Å². The van der Waals surface area contributed by atoms with Gasteiger partial charge in [0.15, 0.2) is 5.16 Å². The molecule has 0 aliphatic heterocycles. The summed E-state index contributed by atoms with van der Waals surface area (Å²) in [4.78, 5) is 18.1. The van der Waals surface area contributed by atoms with Crippen LogP contribution < -0.4 is 10.3 Å². The molecule has 0 radical (unpaired) electrons. The van der Waals surface area contributed by atoms with E-state index in [1.807, 2.05) is 37.3 Å². The molecule has 0 saturated carbocycles. The minimum absolute atomic E-state index is 0.187. The van der Waals surface area contributed by atoms with Crippen LogP contribution in [0.1, 0.15) is 18.4 Å². The smallest absolute Gasteiger partial charge is 0.266 e. The number of nitriles is 2. The van der Waals surface area contributed by atoms with E-state index in [-0.39, 0.29) is 11.5 Å². The van der Waals surface area contributed by atoms with Crippen molar-refractivity contribution < 1.29 is 4.74 Å². The van der Waals surface area contributed by atoms with Crippen molar-refractivity contribution in [2.75, 3.05) is 12.9 Å². The molecule has 6 nitrogen and oxygen atoms in total. The van der Waals surface area contributed by atoms with Gasteiger partial charge in [-0.15, -0.1) is 0 Å². The summed E-state index contributed by atoms with van der Waals surface area (Å²) in [5.74, 6) is 0.714. The SMILES string of the molecule is COc1ccc(C)cc1-n1c(SC[C@@H](C#N)CCC#N)nc2ccccc2c1=O. The highest BCUT2D eigenvalue weighted by Crippen LogP contribution is 2.29. The number of para-hydroxylation sites is 1. The molecule has 1 atom stereocenters. The first-order chi connectivity index (χ1) is 14.1. The number of ether oxygens (including phenoxy) is 1. The Morgan fingerprint density at radius 2 is 2.03 bits per heavy atom. The van der Waals surface area contributed by atoms with Gasteiger partial charge in [-0.1, -0.05) is 30.0 Å². The van der Waals surface area contributed by atoms with Gasteiger partial charge < -0.3 is 4.74 Å². The lowest BCUT2D eigenvalue weighted by Gasteiger charge is -2.17. The number of methoxy groups -OCH3 is 1. The third kappa shape index (κ3) is 4.42. The lowest BCUT2D eigenvalue weighted by Crippen LogP contribution is -2.22. The van der Waals surface area contributed by atoms with E-state index in [0.717, 1.165) is 5.56 Å². The molecule has 0 fully saturated rings. The second-order valence-electron chi connectivity index (χ2n) is 6.56. The highest BCUT2D eigenvalue weighted by Gasteiger charge is 2.18. The average Bonchev–Trinajstić information content (AvgIpc) is 2.74. The maximum atomic E-state index is 13.4. The molecule has 0 aliphatic carbocycles.